The van der Waals surface area contributed by atoms with Crippen LogP contribution in [0.15, 0.2) is 67.2 Å². The Morgan fingerprint density at radius 3 is 2.76 bits per heavy atom. The van der Waals surface area contributed by atoms with Gasteiger partial charge >= 0.3 is 0 Å². The number of fused-ring (bicyclic) bond motifs is 1. The topological polar surface area (TPSA) is 45.2 Å². The molecule has 3 rings (SSSR count). The maximum Gasteiger partial charge on any atom is 0.224 e. The van der Waals surface area contributed by atoms with E-state index in [2.05, 4.69) is 28.4 Å². The highest BCUT2D eigenvalue weighted by molar-refractivity contribution is 5.91. The number of halogens is 2. The van der Waals surface area contributed by atoms with E-state index in [0.29, 0.717) is 12.5 Å². The molecule has 1 N–H and O–H groups in total. The van der Waals surface area contributed by atoms with E-state index in [1.54, 1.807) is 12.3 Å². The second-order valence-electron chi connectivity index (χ2n) is 7.24. The van der Waals surface area contributed by atoms with Crippen LogP contribution in [0.4, 0.5) is 14.5 Å². The fourth-order valence-electron chi connectivity index (χ4n) is 3.64. The van der Waals surface area contributed by atoms with Crippen LogP contribution in [0.3, 0.4) is 0 Å². The molecule has 0 radical (unpaired) electrons. The Bertz CT molecular complexity index is 946. The number of nitrogens with zero attached hydrogens (tertiary/aromatic N) is 2. The highest BCUT2D eigenvalue weighted by Crippen LogP contribution is 2.29. The van der Waals surface area contributed by atoms with Gasteiger partial charge in [0.2, 0.25) is 5.91 Å². The minimum atomic E-state index is -0.616. The van der Waals surface area contributed by atoms with Crippen LogP contribution in [0.25, 0.3) is 10.9 Å². The lowest BCUT2D eigenvalue weighted by Gasteiger charge is -2.34. The van der Waals surface area contributed by atoms with E-state index in [1.165, 1.54) is 24.3 Å². The highest BCUT2D eigenvalue weighted by Gasteiger charge is 2.21. The van der Waals surface area contributed by atoms with Crippen molar-refractivity contribution in [2.24, 2.45) is 5.92 Å². The van der Waals surface area contributed by atoms with Crippen LogP contribution >= 0.6 is 0 Å². The van der Waals surface area contributed by atoms with Gasteiger partial charge in [0.1, 0.15) is 11.6 Å². The normalized spacial score (nSPS) is 15.4. The monoisotopic (exact) mass is 397 g/mol. The molecule has 1 aromatic carbocycles. The van der Waals surface area contributed by atoms with Gasteiger partial charge in [-0.15, -0.1) is 0 Å². The first kappa shape index (κ1) is 20.7. The summed E-state index contributed by atoms with van der Waals surface area (Å²) in [5.41, 5.74) is 2.00. The maximum atomic E-state index is 13.7. The number of allylic oxidation sites excluding steroid dienone is 3. The Balaban J connectivity index is 1.54. The third kappa shape index (κ3) is 5.28. The third-order valence-corrected chi connectivity index (χ3v) is 5.24. The second kappa shape index (κ2) is 9.45. The summed E-state index contributed by atoms with van der Waals surface area (Å²) in [5, 5.41) is 3.70. The molecule has 4 nitrogen and oxygen atoms in total. The zero-order valence-corrected chi connectivity index (χ0v) is 16.3. The summed E-state index contributed by atoms with van der Waals surface area (Å²) >= 11 is 0. The number of carbonyl (C=O) groups excluding carboxylic acids is 1. The smallest absolute Gasteiger partial charge is 0.224 e. The maximum absolute atomic E-state index is 13.7. The van der Waals surface area contributed by atoms with Crippen molar-refractivity contribution in [2.45, 2.75) is 19.3 Å². The van der Waals surface area contributed by atoms with Crippen LogP contribution in [0.5, 0.6) is 0 Å². The number of aromatic nitrogens is 1. The molecular formula is C23H25F2N3O. The molecule has 1 aliphatic rings. The number of hydrogen-bond donors (Lipinski definition) is 1. The van der Waals surface area contributed by atoms with Gasteiger partial charge in [-0.2, -0.15) is 0 Å². The predicted octanol–water partition coefficient (Wildman–Crippen LogP) is 4.69. The van der Waals surface area contributed by atoms with Crippen molar-refractivity contribution in [2.75, 3.05) is 24.5 Å². The fourth-order valence-corrected chi connectivity index (χ4v) is 3.64. The van der Waals surface area contributed by atoms with Crippen LogP contribution < -0.4 is 10.2 Å². The average molecular weight is 397 g/mol. The van der Waals surface area contributed by atoms with Gasteiger partial charge < -0.3 is 10.2 Å². The van der Waals surface area contributed by atoms with Crippen molar-refractivity contribution >= 4 is 22.5 Å². The molecular weight excluding hydrogens is 372 g/mol. The van der Waals surface area contributed by atoms with Crippen LogP contribution in [-0.4, -0.2) is 30.5 Å². The van der Waals surface area contributed by atoms with E-state index in [1.807, 2.05) is 6.07 Å². The number of rotatable bonds is 7. The number of carbonyl (C=O) groups is 1. The SMILES string of the molecule is C=C/C=C(/CC(=O)NCC1CCN(c2ccnc3ccc(F)cc23)CC1)C(=C)F. The van der Waals surface area contributed by atoms with Gasteiger partial charge in [-0.3, -0.25) is 9.78 Å². The first-order valence-electron chi connectivity index (χ1n) is 9.70. The summed E-state index contributed by atoms with van der Waals surface area (Å²) in [6.45, 7) is 8.96. The summed E-state index contributed by atoms with van der Waals surface area (Å²) in [7, 11) is 0. The van der Waals surface area contributed by atoms with Crippen molar-refractivity contribution in [3.8, 4) is 0 Å². The lowest BCUT2D eigenvalue weighted by molar-refractivity contribution is -0.120. The quantitative estimate of drug-likeness (QED) is 0.690. The van der Waals surface area contributed by atoms with Crippen LogP contribution in [-0.2, 0) is 4.79 Å². The summed E-state index contributed by atoms with van der Waals surface area (Å²) in [4.78, 5) is 18.6. The first-order chi connectivity index (χ1) is 14.0. The van der Waals surface area contributed by atoms with Crippen molar-refractivity contribution in [3.05, 3.63) is 73.0 Å². The first-order valence-corrected chi connectivity index (χ1v) is 9.70. The van der Waals surface area contributed by atoms with E-state index in [4.69, 9.17) is 0 Å². The van der Waals surface area contributed by atoms with Crippen LogP contribution in [0.1, 0.15) is 19.3 Å². The summed E-state index contributed by atoms with van der Waals surface area (Å²) in [6, 6.07) is 6.55. The van der Waals surface area contributed by atoms with E-state index < -0.39 is 5.83 Å². The molecule has 2 heterocycles. The molecule has 1 aliphatic heterocycles. The van der Waals surface area contributed by atoms with Gasteiger partial charge in [-0.1, -0.05) is 25.3 Å². The van der Waals surface area contributed by atoms with Gasteiger partial charge in [-0.25, -0.2) is 8.78 Å². The predicted molar refractivity (Wildman–Crippen MR) is 113 cm³/mol. The van der Waals surface area contributed by atoms with Gasteiger partial charge in [0.25, 0.3) is 0 Å². The molecule has 0 atom stereocenters. The fraction of sp³-hybridized carbons (Fsp3) is 0.304. The number of benzene rings is 1. The van der Waals surface area contributed by atoms with Crippen LogP contribution in [0.2, 0.25) is 0 Å². The Morgan fingerprint density at radius 2 is 2.07 bits per heavy atom. The number of amides is 1. The number of nitrogens with one attached hydrogen (secondary N) is 1. The Kier molecular flexibility index (Phi) is 6.75. The Morgan fingerprint density at radius 1 is 1.31 bits per heavy atom. The molecule has 0 spiro atoms. The Hall–Kier alpha value is -3.02. The Labute approximate surface area is 169 Å². The van der Waals surface area contributed by atoms with Gasteiger partial charge in [0.15, 0.2) is 0 Å². The van der Waals surface area contributed by atoms with Crippen molar-refractivity contribution < 1.29 is 13.6 Å². The van der Waals surface area contributed by atoms with Gasteiger partial charge in [0, 0.05) is 36.9 Å². The molecule has 6 heteroatoms. The molecule has 1 saturated heterocycles. The molecule has 2 aromatic rings. The van der Waals surface area contributed by atoms with E-state index in [0.717, 1.165) is 42.5 Å². The molecule has 152 valence electrons. The molecule has 1 fully saturated rings. The molecule has 1 amide bonds. The van der Waals surface area contributed by atoms with Crippen molar-refractivity contribution in [3.63, 3.8) is 0 Å². The minimum absolute atomic E-state index is 0.0469. The van der Waals surface area contributed by atoms with Crippen LogP contribution in [0, 0.1) is 11.7 Å². The average Bonchev–Trinajstić information content (AvgIpc) is 2.72. The largest absolute Gasteiger partial charge is 0.371 e. The molecule has 0 bridgehead atoms. The number of piperidine rings is 1. The van der Waals surface area contributed by atoms with Gasteiger partial charge in [0.05, 0.1) is 11.9 Å². The highest BCUT2D eigenvalue weighted by atomic mass is 19.1. The lowest BCUT2D eigenvalue weighted by atomic mass is 9.96. The van der Waals surface area contributed by atoms with Gasteiger partial charge in [-0.05, 0) is 48.6 Å². The molecule has 0 saturated carbocycles. The van der Waals surface area contributed by atoms with E-state index >= 15 is 0 Å². The minimum Gasteiger partial charge on any atom is -0.371 e. The lowest BCUT2D eigenvalue weighted by Crippen LogP contribution is -2.38. The molecule has 0 unspecified atom stereocenters. The number of pyridine rings is 1. The number of hydrogen-bond acceptors (Lipinski definition) is 3. The third-order valence-electron chi connectivity index (χ3n) is 5.24. The summed E-state index contributed by atoms with van der Waals surface area (Å²) in [6.07, 6.45) is 6.42. The molecule has 1 aromatic heterocycles. The summed E-state index contributed by atoms with van der Waals surface area (Å²) in [5.74, 6) is -0.769. The van der Waals surface area contributed by atoms with Crippen molar-refractivity contribution in [1.82, 2.24) is 10.3 Å². The zero-order valence-electron chi connectivity index (χ0n) is 16.3. The molecule has 29 heavy (non-hydrogen) atoms. The van der Waals surface area contributed by atoms with E-state index in [9.17, 15) is 13.6 Å². The molecule has 0 aliphatic carbocycles. The van der Waals surface area contributed by atoms with Crippen molar-refractivity contribution in [1.29, 1.82) is 0 Å². The number of anilines is 1. The standard InChI is InChI=1S/C23H25F2N3O/c1-3-4-18(16(2)24)13-23(29)27-15-17-8-11-28(12-9-17)22-7-10-26-21-6-5-19(25)14-20(21)22/h3-7,10,14,17H,1-2,8-9,11-13,15H2,(H,27,29)/b18-4-. The summed E-state index contributed by atoms with van der Waals surface area (Å²) < 4.78 is 27.0. The zero-order chi connectivity index (χ0) is 20.8. The van der Waals surface area contributed by atoms with E-state index in [-0.39, 0.29) is 23.7 Å². The second-order valence-corrected chi connectivity index (χ2v) is 7.24.